The number of rotatable bonds is 8. The van der Waals surface area contributed by atoms with E-state index in [9.17, 15) is 0 Å². The Morgan fingerprint density at radius 1 is 1.17 bits per heavy atom. The summed E-state index contributed by atoms with van der Waals surface area (Å²) < 4.78 is 11.0. The lowest BCUT2D eigenvalue weighted by atomic mass is 10.2. The third-order valence-electron chi connectivity index (χ3n) is 3.03. The molecule has 0 bridgehead atoms. The van der Waals surface area contributed by atoms with E-state index in [4.69, 9.17) is 20.6 Å². The fourth-order valence-electron chi connectivity index (χ4n) is 1.71. The molecule has 18 heavy (non-hydrogen) atoms. The first kappa shape index (κ1) is 12.9. The van der Waals surface area contributed by atoms with Gasteiger partial charge in [0.15, 0.2) is 0 Å². The van der Waals surface area contributed by atoms with Crippen LogP contribution in [0, 0.1) is 11.3 Å². The molecule has 0 heterocycles. The van der Waals surface area contributed by atoms with Crippen LogP contribution in [0.25, 0.3) is 0 Å². The number of hydrogen-bond donors (Lipinski definition) is 2. The minimum atomic E-state index is 0.0740. The lowest BCUT2D eigenvalue weighted by molar-refractivity contribution is 0.0958. The Hall–Kier alpha value is -1.55. The molecule has 1 aromatic carbocycles. The summed E-state index contributed by atoms with van der Waals surface area (Å²) in [6.45, 7) is 2.03. The number of nitrogen functional groups attached to an aromatic ring is 1. The molecule has 1 saturated carbocycles. The Kier molecular flexibility index (Phi) is 4.59. The molecule has 2 rings (SSSR count). The lowest BCUT2D eigenvalue weighted by Gasteiger charge is -2.07. The summed E-state index contributed by atoms with van der Waals surface area (Å²) in [4.78, 5) is 0. The molecule has 1 aliphatic carbocycles. The maximum atomic E-state index is 7.28. The molecule has 4 heteroatoms. The van der Waals surface area contributed by atoms with E-state index in [-0.39, 0.29) is 5.84 Å². The largest absolute Gasteiger partial charge is 0.491 e. The van der Waals surface area contributed by atoms with Crippen LogP contribution in [0.2, 0.25) is 0 Å². The van der Waals surface area contributed by atoms with Crippen molar-refractivity contribution in [3.05, 3.63) is 29.8 Å². The van der Waals surface area contributed by atoms with E-state index >= 15 is 0 Å². The van der Waals surface area contributed by atoms with Gasteiger partial charge in [-0.3, -0.25) is 5.41 Å². The van der Waals surface area contributed by atoms with Crippen LogP contribution >= 0.6 is 0 Å². The van der Waals surface area contributed by atoms with Crippen molar-refractivity contribution in [1.29, 1.82) is 5.41 Å². The van der Waals surface area contributed by atoms with Crippen LogP contribution in [0.5, 0.6) is 5.75 Å². The quantitative estimate of drug-likeness (QED) is 0.421. The number of nitrogens with one attached hydrogen (secondary N) is 1. The Morgan fingerprint density at radius 3 is 2.50 bits per heavy atom. The maximum absolute atomic E-state index is 7.28. The molecule has 1 aliphatic rings. The van der Waals surface area contributed by atoms with Crippen molar-refractivity contribution in [2.75, 3.05) is 19.8 Å². The number of ether oxygens (including phenoxy) is 2. The highest BCUT2D eigenvalue weighted by Crippen LogP contribution is 2.31. The molecule has 98 valence electrons. The van der Waals surface area contributed by atoms with Crippen LogP contribution in [-0.4, -0.2) is 25.7 Å². The Labute approximate surface area is 108 Å². The molecule has 0 spiro atoms. The number of nitrogens with two attached hydrogens (primary N) is 1. The lowest BCUT2D eigenvalue weighted by Crippen LogP contribution is -2.11. The zero-order valence-corrected chi connectivity index (χ0v) is 10.5. The first-order chi connectivity index (χ1) is 8.75. The van der Waals surface area contributed by atoms with Gasteiger partial charge >= 0.3 is 0 Å². The van der Waals surface area contributed by atoms with Crippen molar-refractivity contribution in [2.24, 2.45) is 11.7 Å². The maximum Gasteiger partial charge on any atom is 0.122 e. The minimum Gasteiger partial charge on any atom is -0.491 e. The monoisotopic (exact) mass is 248 g/mol. The average molecular weight is 248 g/mol. The van der Waals surface area contributed by atoms with Gasteiger partial charge in [-0.05, 0) is 36.6 Å². The second kappa shape index (κ2) is 6.40. The van der Waals surface area contributed by atoms with E-state index in [1.165, 1.54) is 19.3 Å². The van der Waals surface area contributed by atoms with E-state index in [1.54, 1.807) is 12.1 Å². The average Bonchev–Trinajstić information content (AvgIpc) is 3.18. The summed E-state index contributed by atoms with van der Waals surface area (Å²) in [5.41, 5.74) is 6.08. The Bertz CT molecular complexity index is 385. The predicted octanol–water partition coefficient (Wildman–Crippen LogP) is 2.17. The highest BCUT2D eigenvalue weighted by atomic mass is 16.5. The van der Waals surface area contributed by atoms with E-state index in [0.717, 1.165) is 18.3 Å². The molecule has 0 amide bonds. The number of hydrogen-bond acceptors (Lipinski definition) is 3. The molecule has 0 aliphatic heterocycles. The number of benzene rings is 1. The van der Waals surface area contributed by atoms with Crippen LogP contribution in [0.4, 0.5) is 0 Å². The van der Waals surface area contributed by atoms with Gasteiger partial charge in [-0.15, -0.1) is 0 Å². The van der Waals surface area contributed by atoms with Crippen LogP contribution < -0.4 is 10.5 Å². The second-order valence-corrected chi connectivity index (χ2v) is 4.63. The summed E-state index contributed by atoms with van der Waals surface area (Å²) in [7, 11) is 0. The first-order valence-electron chi connectivity index (χ1n) is 6.40. The highest BCUT2D eigenvalue weighted by Gasteiger charge is 2.20. The summed E-state index contributed by atoms with van der Waals surface area (Å²) in [6.07, 6.45) is 3.94. The van der Waals surface area contributed by atoms with E-state index in [0.29, 0.717) is 18.8 Å². The van der Waals surface area contributed by atoms with Crippen molar-refractivity contribution in [2.45, 2.75) is 19.3 Å². The summed E-state index contributed by atoms with van der Waals surface area (Å²) in [5, 5.41) is 7.28. The molecule has 1 aromatic rings. The smallest absolute Gasteiger partial charge is 0.122 e. The van der Waals surface area contributed by atoms with E-state index in [2.05, 4.69) is 0 Å². The minimum absolute atomic E-state index is 0.0740. The fourth-order valence-corrected chi connectivity index (χ4v) is 1.71. The molecule has 0 aromatic heterocycles. The fraction of sp³-hybridized carbons (Fsp3) is 0.500. The van der Waals surface area contributed by atoms with Crippen LogP contribution in [-0.2, 0) is 4.74 Å². The normalized spacial score (nSPS) is 14.4. The predicted molar refractivity (Wildman–Crippen MR) is 71.1 cm³/mol. The summed E-state index contributed by atoms with van der Waals surface area (Å²) >= 11 is 0. The zero-order chi connectivity index (χ0) is 12.8. The van der Waals surface area contributed by atoms with Gasteiger partial charge in [0.1, 0.15) is 18.2 Å². The van der Waals surface area contributed by atoms with Gasteiger partial charge in [0.2, 0.25) is 0 Å². The van der Waals surface area contributed by atoms with Gasteiger partial charge in [-0.1, -0.05) is 12.8 Å². The van der Waals surface area contributed by atoms with Crippen LogP contribution in [0.3, 0.4) is 0 Å². The van der Waals surface area contributed by atoms with Crippen molar-refractivity contribution in [3.63, 3.8) is 0 Å². The molecule has 0 unspecified atom stereocenters. The zero-order valence-electron chi connectivity index (χ0n) is 10.5. The molecular weight excluding hydrogens is 228 g/mol. The number of amidine groups is 1. The van der Waals surface area contributed by atoms with Gasteiger partial charge in [-0.25, -0.2) is 0 Å². The van der Waals surface area contributed by atoms with Crippen molar-refractivity contribution in [1.82, 2.24) is 0 Å². The second-order valence-electron chi connectivity index (χ2n) is 4.63. The van der Waals surface area contributed by atoms with Gasteiger partial charge in [0.25, 0.3) is 0 Å². The Balaban J connectivity index is 1.58. The van der Waals surface area contributed by atoms with Gasteiger partial charge in [0, 0.05) is 12.2 Å². The SMILES string of the molecule is N=C(N)c1ccc(OCCOCCC2CC2)cc1. The van der Waals surface area contributed by atoms with Crippen molar-refractivity contribution < 1.29 is 9.47 Å². The highest BCUT2D eigenvalue weighted by molar-refractivity contribution is 5.94. The van der Waals surface area contributed by atoms with E-state index < -0.39 is 0 Å². The van der Waals surface area contributed by atoms with Crippen molar-refractivity contribution >= 4 is 5.84 Å². The topological polar surface area (TPSA) is 68.3 Å². The summed E-state index contributed by atoms with van der Waals surface area (Å²) in [5.74, 6) is 1.78. The molecule has 3 N–H and O–H groups in total. The molecule has 0 atom stereocenters. The third kappa shape index (κ3) is 4.37. The first-order valence-corrected chi connectivity index (χ1v) is 6.40. The van der Waals surface area contributed by atoms with Crippen LogP contribution in [0.1, 0.15) is 24.8 Å². The van der Waals surface area contributed by atoms with E-state index in [1.807, 2.05) is 12.1 Å². The van der Waals surface area contributed by atoms with Crippen LogP contribution in [0.15, 0.2) is 24.3 Å². The van der Waals surface area contributed by atoms with Gasteiger partial charge in [-0.2, -0.15) is 0 Å². The summed E-state index contributed by atoms with van der Waals surface area (Å²) in [6, 6.07) is 7.21. The van der Waals surface area contributed by atoms with Gasteiger partial charge in [0.05, 0.1) is 6.61 Å². The standard InChI is InChI=1S/C14H20N2O2/c15-14(16)12-3-5-13(6-4-12)18-10-9-17-8-7-11-1-2-11/h3-6,11H,1-2,7-10H2,(H3,15,16). The molecule has 4 nitrogen and oxygen atoms in total. The molecule has 0 radical (unpaired) electrons. The van der Waals surface area contributed by atoms with Gasteiger partial charge < -0.3 is 15.2 Å². The van der Waals surface area contributed by atoms with Crippen molar-refractivity contribution in [3.8, 4) is 5.75 Å². The Morgan fingerprint density at radius 2 is 1.89 bits per heavy atom. The molecular formula is C14H20N2O2. The molecule has 1 fully saturated rings. The molecule has 0 saturated heterocycles. The third-order valence-corrected chi connectivity index (χ3v) is 3.03.